The summed E-state index contributed by atoms with van der Waals surface area (Å²) >= 11 is 0. The van der Waals surface area contributed by atoms with Crippen LogP contribution in [-0.4, -0.2) is 36.8 Å². The Bertz CT molecular complexity index is 704. The lowest BCUT2D eigenvalue weighted by Crippen LogP contribution is -2.36. The lowest BCUT2D eigenvalue weighted by Gasteiger charge is -2.27. The van der Waals surface area contributed by atoms with E-state index in [0.717, 1.165) is 5.56 Å². The molecule has 6 heteroatoms. The van der Waals surface area contributed by atoms with Crippen LogP contribution in [-0.2, 0) is 0 Å². The number of methoxy groups -OCH3 is 1. The van der Waals surface area contributed by atoms with Gasteiger partial charge in [-0.05, 0) is 42.3 Å². The SMILES string of the molecule is COc1ccc(C(CO)N(C)C(=O)Nc2ccc(C)c(F)c2)cc1. The van der Waals surface area contributed by atoms with Crippen LogP contribution in [0.5, 0.6) is 5.75 Å². The molecule has 0 radical (unpaired) electrons. The summed E-state index contributed by atoms with van der Waals surface area (Å²) in [4.78, 5) is 13.7. The number of urea groups is 1. The Morgan fingerprint density at radius 2 is 1.96 bits per heavy atom. The van der Waals surface area contributed by atoms with Crippen molar-refractivity contribution in [1.29, 1.82) is 0 Å². The van der Waals surface area contributed by atoms with Gasteiger partial charge in [0.1, 0.15) is 11.6 Å². The Kier molecular flexibility index (Phi) is 5.76. The van der Waals surface area contributed by atoms with Crippen LogP contribution in [0.1, 0.15) is 17.2 Å². The number of aliphatic hydroxyl groups excluding tert-OH is 1. The monoisotopic (exact) mass is 332 g/mol. The Morgan fingerprint density at radius 1 is 1.29 bits per heavy atom. The second-order valence-electron chi connectivity index (χ2n) is 5.48. The second kappa shape index (κ2) is 7.79. The van der Waals surface area contributed by atoms with Crippen LogP contribution in [0.25, 0.3) is 0 Å². The molecule has 1 unspecified atom stereocenters. The molecule has 2 aromatic carbocycles. The lowest BCUT2D eigenvalue weighted by molar-refractivity contribution is 0.159. The summed E-state index contributed by atoms with van der Waals surface area (Å²) in [5.74, 6) is 0.307. The molecule has 2 rings (SSSR count). The molecule has 0 saturated heterocycles. The van der Waals surface area contributed by atoms with Crippen molar-refractivity contribution in [3.63, 3.8) is 0 Å². The number of ether oxygens (including phenoxy) is 1. The number of carbonyl (C=O) groups excluding carboxylic acids is 1. The molecule has 0 fully saturated rings. The summed E-state index contributed by atoms with van der Waals surface area (Å²) in [6.07, 6.45) is 0. The van der Waals surface area contributed by atoms with E-state index in [1.54, 1.807) is 57.5 Å². The maximum atomic E-state index is 13.6. The Morgan fingerprint density at radius 3 is 2.50 bits per heavy atom. The minimum Gasteiger partial charge on any atom is -0.497 e. The van der Waals surface area contributed by atoms with Gasteiger partial charge in [0.25, 0.3) is 0 Å². The Balaban J connectivity index is 2.12. The molecule has 0 saturated carbocycles. The number of halogens is 1. The first-order valence-corrected chi connectivity index (χ1v) is 7.51. The van der Waals surface area contributed by atoms with Crippen molar-refractivity contribution in [1.82, 2.24) is 4.90 Å². The highest BCUT2D eigenvalue weighted by Crippen LogP contribution is 2.23. The predicted octanol–water partition coefficient (Wildman–Crippen LogP) is 3.34. The van der Waals surface area contributed by atoms with E-state index in [-0.39, 0.29) is 12.4 Å². The highest BCUT2D eigenvalue weighted by molar-refractivity contribution is 5.89. The van der Waals surface area contributed by atoms with Gasteiger partial charge in [0.15, 0.2) is 0 Å². The van der Waals surface area contributed by atoms with Gasteiger partial charge in [-0.15, -0.1) is 0 Å². The predicted molar refractivity (Wildman–Crippen MR) is 90.7 cm³/mol. The minimum atomic E-state index is -0.522. The fourth-order valence-electron chi connectivity index (χ4n) is 2.30. The van der Waals surface area contributed by atoms with Crippen LogP contribution < -0.4 is 10.1 Å². The zero-order valence-corrected chi connectivity index (χ0v) is 13.9. The third-order valence-corrected chi connectivity index (χ3v) is 3.88. The highest BCUT2D eigenvalue weighted by atomic mass is 19.1. The number of hydrogen-bond acceptors (Lipinski definition) is 3. The zero-order valence-electron chi connectivity index (χ0n) is 13.9. The largest absolute Gasteiger partial charge is 0.497 e. The number of rotatable bonds is 5. The zero-order chi connectivity index (χ0) is 17.7. The van der Waals surface area contributed by atoms with Crippen molar-refractivity contribution < 1.29 is 19.0 Å². The third-order valence-electron chi connectivity index (χ3n) is 3.88. The maximum Gasteiger partial charge on any atom is 0.322 e. The summed E-state index contributed by atoms with van der Waals surface area (Å²) < 4.78 is 18.7. The van der Waals surface area contributed by atoms with Crippen LogP contribution in [0.3, 0.4) is 0 Å². The minimum absolute atomic E-state index is 0.238. The summed E-state index contributed by atoms with van der Waals surface area (Å²) in [7, 11) is 3.14. The average molecular weight is 332 g/mol. The van der Waals surface area contributed by atoms with Crippen molar-refractivity contribution in [3.05, 3.63) is 59.4 Å². The number of carbonyl (C=O) groups is 1. The van der Waals surface area contributed by atoms with Gasteiger partial charge in [0, 0.05) is 12.7 Å². The number of aliphatic hydroxyl groups is 1. The van der Waals surface area contributed by atoms with E-state index in [1.165, 1.54) is 11.0 Å². The summed E-state index contributed by atoms with van der Waals surface area (Å²) in [6.45, 7) is 1.41. The van der Waals surface area contributed by atoms with Crippen molar-refractivity contribution in [2.75, 3.05) is 26.1 Å². The van der Waals surface area contributed by atoms with Crippen LogP contribution in [0.2, 0.25) is 0 Å². The molecule has 128 valence electrons. The normalized spacial score (nSPS) is 11.7. The molecule has 0 aliphatic heterocycles. The van der Waals surface area contributed by atoms with Crippen molar-refractivity contribution in [2.24, 2.45) is 0 Å². The van der Waals surface area contributed by atoms with Gasteiger partial charge < -0.3 is 20.1 Å². The van der Waals surface area contributed by atoms with Gasteiger partial charge in [-0.1, -0.05) is 18.2 Å². The fourth-order valence-corrected chi connectivity index (χ4v) is 2.30. The quantitative estimate of drug-likeness (QED) is 0.883. The smallest absolute Gasteiger partial charge is 0.322 e. The number of likely N-dealkylation sites (N-methyl/N-ethyl adjacent to an activating group) is 1. The van der Waals surface area contributed by atoms with Crippen molar-refractivity contribution >= 4 is 11.7 Å². The summed E-state index contributed by atoms with van der Waals surface area (Å²) in [5.41, 5.74) is 1.64. The number of amides is 2. The Labute approximate surface area is 140 Å². The molecule has 2 amide bonds. The molecule has 24 heavy (non-hydrogen) atoms. The van der Waals surface area contributed by atoms with E-state index in [1.807, 2.05) is 0 Å². The topological polar surface area (TPSA) is 61.8 Å². The molecule has 0 aromatic heterocycles. The van der Waals surface area contributed by atoms with Crippen LogP contribution in [0.15, 0.2) is 42.5 Å². The van der Waals surface area contributed by atoms with E-state index in [4.69, 9.17) is 4.74 Å². The number of nitrogens with one attached hydrogen (secondary N) is 1. The first-order chi connectivity index (χ1) is 11.5. The standard InChI is InChI=1S/C18H21FN2O3/c1-12-4-7-14(10-16(12)19)20-18(23)21(2)17(11-22)13-5-8-15(24-3)9-6-13/h4-10,17,22H,11H2,1-3H3,(H,20,23). The number of hydrogen-bond donors (Lipinski definition) is 2. The number of nitrogens with zero attached hydrogens (tertiary/aromatic N) is 1. The van der Waals surface area contributed by atoms with E-state index >= 15 is 0 Å². The molecular formula is C18H21FN2O3. The molecule has 0 bridgehead atoms. The van der Waals surface area contributed by atoms with Crippen molar-refractivity contribution in [3.8, 4) is 5.75 Å². The molecule has 2 N–H and O–H groups in total. The molecule has 0 aliphatic rings. The van der Waals surface area contributed by atoms with E-state index < -0.39 is 12.1 Å². The fraction of sp³-hybridized carbons (Fsp3) is 0.278. The van der Waals surface area contributed by atoms with Gasteiger partial charge in [-0.25, -0.2) is 9.18 Å². The van der Waals surface area contributed by atoms with E-state index in [2.05, 4.69) is 5.32 Å². The van der Waals surface area contributed by atoms with Gasteiger partial charge in [0.05, 0.1) is 19.8 Å². The number of aryl methyl sites for hydroxylation is 1. The van der Waals surface area contributed by atoms with Gasteiger partial charge in [-0.2, -0.15) is 0 Å². The van der Waals surface area contributed by atoms with Gasteiger partial charge in [0.2, 0.25) is 0 Å². The second-order valence-corrected chi connectivity index (χ2v) is 5.48. The molecule has 1 atom stereocenters. The molecule has 0 aliphatic carbocycles. The lowest BCUT2D eigenvalue weighted by atomic mass is 10.1. The third kappa shape index (κ3) is 4.02. The van der Waals surface area contributed by atoms with E-state index in [0.29, 0.717) is 17.0 Å². The first kappa shape index (κ1) is 17.7. The highest BCUT2D eigenvalue weighted by Gasteiger charge is 2.21. The number of anilines is 1. The maximum absolute atomic E-state index is 13.6. The molecule has 0 heterocycles. The average Bonchev–Trinajstić information content (AvgIpc) is 2.59. The number of benzene rings is 2. The van der Waals surface area contributed by atoms with E-state index in [9.17, 15) is 14.3 Å². The van der Waals surface area contributed by atoms with Crippen LogP contribution in [0.4, 0.5) is 14.9 Å². The van der Waals surface area contributed by atoms with Gasteiger partial charge >= 0.3 is 6.03 Å². The van der Waals surface area contributed by atoms with Crippen molar-refractivity contribution in [2.45, 2.75) is 13.0 Å². The summed E-state index contributed by atoms with van der Waals surface area (Å²) in [5, 5.41) is 12.3. The summed E-state index contributed by atoms with van der Waals surface area (Å²) in [6, 6.07) is 10.6. The van der Waals surface area contributed by atoms with Gasteiger partial charge in [-0.3, -0.25) is 0 Å². The van der Waals surface area contributed by atoms with Crippen LogP contribution in [0, 0.1) is 12.7 Å². The Hall–Kier alpha value is -2.60. The molecule has 0 spiro atoms. The molecule has 2 aromatic rings. The first-order valence-electron chi connectivity index (χ1n) is 7.51. The molecular weight excluding hydrogens is 311 g/mol. The molecule has 5 nitrogen and oxygen atoms in total. The van der Waals surface area contributed by atoms with Crippen LogP contribution >= 0.6 is 0 Å².